The van der Waals surface area contributed by atoms with Crippen LogP contribution in [0.1, 0.15) is 65.1 Å². The summed E-state index contributed by atoms with van der Waals surface area (Å²) in [7, 11) is 0. The molecule has 0 spiro atoms. The van der Waals surface area contributed by atoms with Gasteiger partial charge in [-0.3, -0.25) is 4.79 Å². The Morgan fingerprint density at radius 3 is 2.52 bits per heavy atom. The van der Waals surface area contributed by atoms with Crippen molar-refractivity contribution in [3.63, 3.8) is 0 Å². The van der Waals surface area contributed by atoms with Crippen LogP contribution in [0, 0.1) is 0 Å². The molecule has 6 nitrogen and oxygen atoms in total. The van der Waals surface area contributed by atoms with Crippen LogP contribution < -0.4 is 4.90 Å². The second-order valence-electron chi connectivity index (χ2n) is 7.95. The summed E-state index contributed by atoms with van der Waals surface area (Å²) in [6.45, 7) is 1.07. The van der Waals surface area contributed by atoms with Crippen molar-refractivity contribution in [2.75, 3.05) is 18.1 Å². The molecule has 2 N–H and O–H groups in total. The number of benzene rings is 1. The van der Waals surface area contributed by atoms with Gasteiger partial charge in [0.25, 0.3) is 0 Å². The van der Waals surface area contributed by atoms with Crippen LogP contribution in [0.5, 0.6) is 0 Å². The van der Waals surface area contributed by atoms with E-state index < -0.39 is 5.97 Å². The van der Waals surface area contributed by atoms with E-state index >= 15 is 0 Å². The zero-order valence-corrected chi connectivity index (χ0v) is 18.6. The molecule has 1 saturated heterocycles. The molecule has 1 aliphatic rings. The number of nitrogens with zero attached hydrogens (tertiary/aromatic N) is 1. The van der Waals surface area contributed by atoms with Gasteiger partial charge in [0.2, 0.25) is 5.91 Å². The van der Waals surface area contributed by atoms with Gasteiger partial charge in [-0.15, -0.1) is 11.3 Å². The summed E-state index contributed by atoms with van der Waals surface area (Å²) in [5.41, 5.74) is 2.18. The van der Waals surface area contributed by atoms with E-state index in [1.165, 1.54) is 23.3 Å². The molecule has 1 aromatic heterocycles. The first kappa shape index (κ1) is 23.4. The molecular formula is C24H31NO5S. The molecule has 1 aromatic carbocycles. The molecule has 0 radical (unpaired) electrons. The van der Waals surface area contributed by atoms with Crippen LogP contribution in [-0.2, 0) is 22.6 Å². The predicted molar refractivity (Wildman–Crippen MR) is 122 cm³/mol. The number of thiophene rings is 1. The fourth-order valence-electron chi connectivity index (χ4n) is 3.92. The van der Waals surface area contributed by atoms with Gasteiger partial charge >= 0.3 is 5.97 Å². The van der Waals surface area contributed by atoms with Gasteiger partial charge in [-0.05, 0) is 55.5 Å². The van der Waals surface area contributed by atoms with E-state index in [1.807, 2.05) is 17.0 Å². The lowest BCUT2D eigenvalue weighted by Gasteiger charge is -2.25. The summed E-state index contributed by atoms with van der Waals surface area (Å²) in [5.74, 6) is -0.802. The monoisotopic (exact) mass is 445 g/mol. The van der Waals surface area contributed by atoms with E-state index in [0.29, 0.717) is 24.5 Å². The molecule has 3 rings (SSSR count). The minimum Gasteiger partial charge on any atom is -0.477 e. The molecule has 1 fully saturated rings. The Labute approximate surface area is 187 Å². The van der Waals surface area contributed by atoms with E-state index in [0.717, 1.165) is 49.1 Å². The third kappa shape index (κ3) is 6.89. The van der Waals surface area contributed by atoms with Crippen molar-refractivity contribution in [2.24, 2.45) is 0 Å². The molecule has 0 aliphatic carbocycles. The SMILES string of the molecule is O=C(O)c1ccc(COC[C@H]2CCC(=O)N2c2ccc(CCCCCCCO)cc2)s1. The molecule has 0 saturated carbocycles. The number of ether oxygens (including phenoxy) is 1. The summed E-state index contributed by atoms with van der Waals surface area (Å²) in [4.78, 5) is 26.5. The highest BCUT2D eigenvalue weighted by Crippen LogP contribution is 2.28. The number of rotatable bonds is 13. The number of carboxylic acids is 1. The summed E-state index contributed by atoms with van der Waals surface area (Å²) in [5, 5.41) is 17.8. The van der Waals surface area contributed by atoms with Crippen molar-refractivity contribution in [1.29, 1.82) is 0 Å². The average molecular weight is 446 g/mol. The normalized spacial score (nSPS) is 16.2. The molecular weight excluding hydrogens is 414 g/mol. The van der Waals surface area contributed by atoms with Gasteiger partial charge in [0.15, 0.2) is 0 Å². The quantitative estimate of drug-likeness (QED) is 0.439. The first-order valence-corrected chi connectivity index (χ1v) is 11.8. The smallest absolute Gasteiger partial charge is 0.345 e. The van der Waals surface area contributed by atoms with Crippen LogP contribution in [0.4, 0.5) is 5.69 Å². The molecule has 2 heterocycles. The number of aryl methyl sites for hydroxylation is 1. The number of aliphatic hydroxyl groups excluding tert-OH is 1. The lowest BCUT2D eigenvalue weighted by molar-refractivity contribution is -0.117. The standard InChI is InChI=1S/C24H31NO5S/c26-15-5-3-1-2-4-6-18-7-9-19(10-8-18)25-20(11-14-23(25)27)16-30-17-21-12-13-22(31-21)24(28)29/h7-10,12-13,20,26H,1-6,11,14-17H2,(H,28,29)/t20-/m1/s1. The first-order chi connectivity index (χ1) is 15.1. The second kappa shape index (κ2) is 12.0. The fraction of sp³-hybridized carbons (Fsp3) is 0.500. The molecule has 7 heteroatoms. The Bertz CT molecular complexity index is 848. The second-order valence-corrected chi connectivity index (χ2v) is 9.12. The van der Waals surface area contributed by atoms with Gasteiger partial charge in [0.1, 0.15) is 4.88 Å². The number of aromatic carboxylic acids is 1. The Morgan fingerprint density at radius 1 is 1.06 bits per heavy atom. The maximum absolute atomic E-state index is 12.5. The highest BCUT2D eigenvalue weighted by molar-refractivity contribution is 7.13. The van der Waals surface area contributed by atoms with Crippen LogP contribution in [0.2, 0.25) is 0 Å². The van der Waals surface area contributed by atoms with Crippen LogP contribution in [-0.4, -0.2) is 41.3 Å². The van der Waals surface area contributed by atoms with Crippen LogP contribution >= 0.6 is 11.3 Å². The molecule has 0 unspecified atom stereocenters. The van der Waals surface area contributed by atoms with Crippen molar-refractivity contribution in [1.82, 2.24) is 0 Å². The number of carboxylic acid groups (broad SMARTS) is 1. The highest BCUT2D eigenvalue weighted by Gasteiger charge is 2.32. The van der Waals surface area contributed by atoms with Gasteiger partial charge in [0.05, 0.1) is 19.3 Å². The van der Waals surface area contributed by atoms with E-state index in [1.54, 1.807) is 12.1 Å². The molecule has 31 heavy (non-hydrogen) atoms. The summed E-state index contributed by atoms with van der Waals surface area (Å²) < 4.78 is 5.82. The lowest BCUT2D eigenvalue weighted by Crippen LogP contribution is -2.36. The van der Waals surface area contributed by atoms with Gasteiger partial charge in [-0.1, -0.05) is 31.4 Å². The Hall–Kier alpha value is -2.22. The Balaban J connectivity index is 1.47. The van der Waals surface area contributed by atoms with E-state index in [9.17, 15) is 9.59 Å². The fourth-order valence-corrected chi connectivity index (χ4v) is 4.70. The number of amides is 1. The topological polar surface area (TPSA) is 87.1 Å². The van der Waals surface area contributed by atoms with Crippen molar-refractivity contribution >= 4 is 28.9 Å². The third-order valence-corrected chi connectivity index (χ3v) is 6.64. The van der Waals surface area contributed by atoms with Gasteiger partial charge in [-0.2, -0.15) is 0 Å². The van der Waals surface area contributed by atoms with Gasteiger partial charge < -0.3 is 19.8 Å². The molecule has 168 valence electrons. The van der Waals surface area contributed by atoms with Crippen molar-refractivity contribution < 1.29 is 24.5 Å². The number of aliphatic hydroxyl groups is 1. The van der Waals surface area contributed by atoms with Gasteiger partial charge in [0, 0.05) is 23.6 Å². The van der Waals surface area contributed by atoms with Crippen LogP contribution in [0.15, 0.2) is 36.4 Å². The molecule has 0 bridgehead atoms. The average Bonchev–Trinajstić information content (AvgIpc) is 3.38. The predicted octanol–water partition coefficient (Wildman–Crippen LogP) is 4.64. The van der Waals surface area contributed by atoms with Crippen molar-refractivity contribution in [2.45, 2.75) is 64.0 Å². The van der Waals surface area contributed by atoms with Crippen LogP contribution in [0.3, 0.4) is 0 Å². The zero-order valence-electron chi connectivity index (χ0n) is 17.8. The maximum Gasteiger partial charge on any atom is 0.345 e. The first-order valence-electron chi connectivity index (χ1n) is 11.0. The zero-order chi connectivity index (χ0) is 22.1. The number of anilines is 1. The summed E-state index contributed by atoms with van der Waals surface area (Å²) >= 11 is 1.22. The number of hydrogen-bond donors (Lipinski definition) is 2. The number of carbonyl (C=O) groups is 2. The summed E-state index contributed by atoms with van der Waals surface area (Å²) in [6, 6.07) is 11.6. The van der Waals surface area contributed by atoms with Crippen molar-refractivity contribution in [3.05, 3.63) is 51.7 Å². The summed E-state index contributed by atoms with van der Waals surface area (Å²) in [6.07, 6.45) is 7.75. The maximum atomic E-state index is 12.5. The Kier molecular flexibility index (Phi) is 9.06. The number of carbonyl (C=O) groups excluding carboxylic acids is 1. The minimum atomic E-state index is -0.922. The number of unbranched alkanes of at least 4 members (excludes halogenated alkanes) is 4. The molecule has 1 atom stereocenters. The molecule has 2 aromatic rings. The molecule has 1 aliphatic heterocycles. The minimum absolute atomic E-state index is 0.00350. The third-order valence-electron chi connectivity index (χ3n) is 5.59. The van der Waals surface area contributed by atoms with Gasteiger partial charge in [-0.25, -0.2) is 4.79 Å². The Morgan fingerprint density at radius 2 is 1.81 bits per heavy atom. The van der Waals surface area contributed by atoms with E-state index in [2.05, 4.69) is 12.1 Å². The number of hydrogen-bond acceptors (Lipinski definition) is 5. The lowest BCUT2D eigenvalue weighted by atomic mass is 10.0. The van der Waals surface area contributed by atoms with Crippen LogP contribution in [0.25, 0.3) is 0 Å². The van der Waals surface area contributed by atoms with E-state index in [-0.39, 0.29) is 18.6 Å². The molecule has 1 amide bonds. The van der Waals surface area contributed by atoms with E-state index in [4.69, 9.17) is 14.9 Å². The van der Waals surface area contributed by atoms with Crippen molar-refractivity contribution in [3.8, 4) is 0 Å². The largest absolute Gasteiger partial charge is 0.477 e. The highest BCUT2D eigenvalue weighted by atomic mass is 32.1.